The predicted molar refractivity (Wildman–Crippen MR) is 137 cm³/mol. The number of hydrogen-bond acceptors (Lipinski definition) is 9. The van der Waals surface area contributed by atoms with Crippen molar-refractivity contribution in [3.05, 3.63) is 29.8 Å². The van der Waals surface area contributed by atoms with Gasteiger partial charge in [-0.1, -0.05) is 12.1 Å². The van der Waals surface area contributed by atoms with Crippen molar-refractivity contribution in [1.82, 2.24) is 15.5 Å². The number of aliphatic hydroxyl groups excluding tert-OH is 1. The average Bonchev–Trinajstić information content (AvgIpc) is 3.38. The Morgan fingerprint density at radius 1 is 1.19 bits per heavy atom. The van der Waals surface area contributed by atoms with E-state index in [1.807, 2.05) is 24.3 Å². The molecule has 1 aromatic carbocycles. The Balaban J connectivity index is 1.31. The number of hydrogen-bond donors (Lipinski definition) is 3. The molecule has 1 unspecified atom stereocenters. The third-order valence-electron chi connectivity index (χ3n) is 7.39. The molecule has 1 amide bonds. The van der Waals surface area contributed by atoms with Crippen LogP contribution in [0.2, 0.25) is 0 Å². The molecule has 2 saturated heterocycles. The van der Waals surface area contributed by atoms with Crippen LogP contribution in [-0.4, -0.2) is 92.0 Å². The van der Waals surface area contributed by atoms with Crippen LogP contribution in [-0.2, 0) is 20.6 Å². The van der Waals surface area contributed by atoms with E-state index in [4.69, 9.17) is 18.9 Å². The molecule has 1 aliphatic carbocycles. The van der Waals surface area contributed by atoms with E-state index in [2.05, 4.69) is 15.5 Å². The lowest BCUT2D eigenvalue weighted by Gasteiger charge is -2.42. The summed E-state index contributed by atoms with van der Waals surface area (Å²) in [6.07, 6.45) is 0.589. The minimum Gasteiger partial charge on any atom is -0.497 e. The van der Waals surface area contributed by atoms with Gasteiger partial charge in [0, 0.05) is 26.2 Å². The van der Waals surface area contributed by atoms with Crippen molar-refractivity contribution in [3.8, 4) is 5.75 Å². The highest BCUT2D eigenvalue weighted by molar-refractivity contribution is 5.67. The zero-order chi connectivity index (χ0) is 26.6. The maximum atomic E-state index is 12.8. The molecule has 0 aromatic heterocycles. The number of ether oxygens (including phenoxy) is 4. The summed E-state index contributed by atoms with van der Waals surface area (Å²) < 4.78 is 21.9. The van der Waals surface area contributed by atoms with Crippen molar-refractivity contribution in [1.29, 1.82) is 0 Å². The van der Waals surface area contributed by atoms with Crippen molar-refractivity contribution in [2.45, 2.75) is 76.4 Å². The average molecular weight is 520 g/mol. The molecule has 1 aromatic rings. The smallest absolute Gasteiger partial charge is 0.497 e. The summed E-state index contributed by atoms with van der Waals surface area (Å²) >= 11 is 0. The van der Waals surface area contributed by atoms with Crippen LogP contribution in [0.3, 0.4) is 0 Å². The van der Waals surface area contributed by atoms with Gasteiger partial charge in [-0.25, -0.2) is 9.59 Å². The van der Waals surface area contributed by atoms with Crippen LogP contribution >= 0.6 is 0 Å². The molecule has 2 aliphatic heterocycles. The highest BCUT2D eigenvalue weighted by Gasteiger charge is 2.47. The van der Waals surface area contributed by atoms with Gasteiger partial charge in [-0.15, -0.1) is 0 Å². The quantitative estimate of drug-likeness (QED) is 0.445. The number of benzene rings is 1. The number of carbonyl (C=O) groups is 2. The molecule has 10 heteroatoms. The van der Waals surface area contributed by atoms with Crippen molar-refractivity contribution in [2.24, 2.45) is 5.41 Å². The number of amides is 1. The van der Waals surface area contributed by atoms with Gasteiger partial charge < -0.3 is 39.6 Å². The van der Waals surface area contributed by atoms with Gasteiger partial charge in [0.25, 0.3) is 0 Å². The normalized spacial score (nSPS) is 29.5. The minimum absolute atomic E-state index is 0.158. The Labute approximate surface area is 219 Å². The van der Waals surface area contributed by atoms with Crippen LogP contribution in [0, 0.1) is 5.41 Å². The molecule has 3 fully saturated rings. The molecule has 206 valence electrons. The molecular formula is C27H41N3O7. The third kappa shape index (κ3) is 7.49. The first-order chi connectivity index (χ1) is 17.5. The fourth-order valence-electron chi connectivity index (χ4n) is 5.60. The largest absolute Gasteiger partial charge is 0.509 e. The molecule has 10 nitrogen and oxygen atoms in total. The first-order valence-electron chi connectivity index (χ1n) is 13.1. The van der Waals surface area contributed by atoms with Gasteiger partial charge >= 0.3 is 12.2 Å². The maximum Gasteiger partial charge on any atom is 0.509 e. The van der Waals surface area contributed by atoms with E-state index in [-0.39, 0.29) is 17.6 Å². The molecule has 2 heterocycles. The zero-order valence-electron chi connectivity index (χ0n) is 22.3. The highest BCUT2D eigenvalue weighted by Crippen LogP contribution is 2.47. The second kappa shape index (κ2) is 11.4. The maximum absolute atomic E-state index is 12.8. The van der Waals surface area contributed by atoms with E-state index in [0.717, 1.165) is 50.2 Å². The van der Waals surface area contributed by atoms with Gasteiger partial charge in [0.05, 0.1) is 19.3 Å². The zero-order valence-corrected chi connectivity index (χ0v) is 22.3. The number of aliphatic hydroxyl groups is 1. The molecule has 0 radical (unpaired) electrons. The number of carbonyl (C=O) groups excluding carboxylic acids is 2. The van der Waals surface area contributed by atoms with Crippen LogP contribution in [0.4, 0.5) is 9.59 Å². The first kappa shape index (κ1) is 27.5. The predicted octanol–water partition coefficient (Wildman–Crippen LogP) is 2.47. The molecule has 0 bridgehead atoms. The summed E-state index contributed by atoms with van der Waals surface area (Å²) in [5, 5.41) is 15.9. The van der Waals surface area contributed by atoms with Gasteiger partial charge in [0.15, 0.2) is 12.2 Å². The van der Waals surface area contributed by atoms with E-state index in [1.165, 1.54) is 0 Å². The molecular weight excluding hydrogens is 478 g/mol. The Kier molecular flexibility index (Phi) is 8.50. The second-order valence-corrected chi connectivity index (χ2v) is 11.6. The molecule has 1 spiro atoms. The minimum atomic E-state index is -0.789. The Bertz CT molecular complexity index is 927. The van der Waals surface area contributed by atoms with E-state index in [9.17, 15) is 14.7 Å². The number of likely N-dealkylation sites (tertiary alicyclic amines) is 1. The molecule has 4 rings (SSSR count). The van der Waals surface area contributed by atoms with Gasteiger partial charge in [-0.05, 0) is 76.1 Å². The molecule has 3 N–H and O–H groups in total. The summed E-state index contributed by atoms with van der Waals surface area (Å²) in [6.45, 7) is 8.77. The van der Waals surface area contributed by atoms with Crippen LogP contribution in [0.25, 0.3) is 0 Å². The Morgan fingerprint density at radius 3 is 2.57 bits per heavy atom. The Hall–Kier alpha value is -2.56. The SMILES string of the molecule is COc1ccc(C[C@H]2NCC(OC(=O)OC(C)(C)C)[C@H]2OC(=O)NCCN2CCC3(CC(O)C3)C2)cc1. The number of alkyl carbamates (subject to hydrolysis) is 1. The Morgan fingerprint density at radius 2 is 1.92 bits per heavy atom. The van der Waals surface area contributed by atoms with Crippen molar-refractivity contribution < 1.29 is 33.6 Å². The summed E-state index contributed by atoms with van der Waals surface area (Å²) in [5.41, 5.74) is 0.607. The van der Waals surface area contributed by atoms with Gasteiger partial charge in [-0.2, -0.15) is 0 Å². The van der Waals surface area contributed by atoms with E-state index < -0.39 is 30.1 Å². The van der Waals surface area contributed by atoms with Crippen molar-refractivity contribution in [3.63, 3.8) is 0 Å². The van der Waals surface area contributed by atoms with Gasteiger partial charge in [0.1, 0.15) is 11.4 Å². The highest BCUT2D eigenvalue weighted by atomic mass is 16.7. The van der Waals surface area contributed by atoms with Gasteiger partial charge in [0.2, 0.25) is 0 Å². The number of rotatable bonds is 8. The van der Waals surface area contributed by atoms with Crippen molar-refractivity contribution >= 4 is 12.2 Å². The molecule has 37 heavy (non-hydrogen) atoms. The van der Waals surface area contributed by atoms with Crippen LogP contribution in [0.1, 0.15) is 45.6 Å². The molecule has 3 atom stereocenters. The number of nitrogens with one attached hydrogen (secondary N) is 2. The van der Waals surface area contributed by atoms with E-state index in [0.29, 0.717) is 19.5 Å². The monoisotopic (exact) mass is 519 g/mol. The fourth-order valence-corrected chi connectivity index (χ4v) is 5.60. The topological polar surface area (TPSA) is 119 Å². The third-order valence-corrected chi connectivity index (χ3v) is 7.39. The summed E-state index contributed by atoms with van der Waals surface area (Å²) in [6, 6.07) is 7.45. The summed E-state index contributed by atoms with van der Waals surface area (Å²) in [4.78, 5) is 27.4. The van der Waals surface area contributed by atoms with E-state index >= 15 is 0 Å². The summed E-state index contributed by atoms with van der Waals surface area (Å²) in [7, 11) is 1.62. The number of methoxy groups -OCH3 is 1. The molecule has 1 saturated carbocycles. The van der Waals surface area contributed by atoms with Crippen LogP contribution in [0.15, 0.2) is 24.3 Å². The van der Waals surface area contributed by atoms with Crippen molar-refractivity contribution in [2.75, 3.05) is 39.8 Å². The standard InChI is InChI=1S/C27H41N3O7/c1-26(2,3)37-25(33)35-22-16-29-21(13-18-5-7-20(34-4)8-6-18)23(22)36-24(32)28-10-12-30-11-9-27(17-30)14-19(31)15-27/h5-8,19,21-23,29,31H,9-17H2,1-4H3,(H,28,32)/t19?,21-,22?,23+,27?/m1/s1. The lowest BCUT2D eigenvalue weighted by atomic mass is 9.66. The summed E-state index contributed by atoms with van der Waals surface area (Å²) in [5.74, 6) is 0.763. The lowest BCUT2D eigenvalue weighted by molar-refractivity contribution is -0.0518. The second-order valence-electron chi connectivity index (χ2n) is 11.6. The molecule has 3 aliphatic rings. The van der Waals surface area contributed by atoms with E-state index in [1.54, 1.807) is 27.9 Å². The lowest BCUT2D eigenvalue weighted by Crippen LogP contribution is -2.45. The van der Waals surface area contributed by atoms with Crippen LogP contribution in [0.5, 0.6) is 5.75 Å². The van der Waals surface area contributed by atoms with Crippen LogP contribution < -0.4 is 15.4 Å². The number of nitrogens with zero attached hydrogens (tertiary/aromatic N) is 1. The fraction of sp³-hybridized carbons (Fsp3) is 0.704. The van der Waals surface area contributed by atoms with Gasteiger partial charge in [-0.3, -0.25) is 0 Å². The first-order valence-corrected chi connectivity index (χ1v) is 13.1.